The van der Waals surface area contributed by atoms with E-state index in [0.717, 1.165) is 12.5 Å². The quantitative estimate of drug-likeness (QED) is 0.572. The fourth-order valence-corrected chi connectivity index (χ4v) is 3.04. The molecule has 0 radical (unpaired) electrons. The fraction of sp³-hybridized carbons (Fsp3) is 0.389. The summed E-state index contributed by atoms with van der Waals surface area (Å²) < 4.78 is 2.19. The molecule has 2 nitrogen and oxygen atoms in total. The van der Waals surface area contributed by atoms with Gasteiger partial charge in [0, 0.05) is 24.2 Å². The number of halogens is 1. The second-order valence-electron chi connectivity index (χ2n) is 5.65. The monoisotopic (exact) mass is 302 g/mol. The van der Waals surface area contributed by atoms with E-state index in [-0.39, 0.29) is 12.4 Å². The third-order valence-corrected chi connectivity index (χ3v) is 4.23. The van der Waals surface area contributed by atoms with Gasteiger partial charge >= 0.3 is 0 Å². The van der Waals surface area contributed by atoms with Gasteiger partial charge in [0.15, 0.2) is 0 Å². The number of nitrogens with zero attached hydrogens (tertiary/aromatic N) is 2. The lowest BCUT2D eigenvalue weighted by atomic mass is 10.1. The van der Waals surface area contributed by atoms with Gasteiger partial charge in [-0.15, -0.1) is 12.4 Å². The lowest BCUT2D eigenvalue weighted by Crippen LogP contribution is -1.94. The van der Waals surface area contributed by atoms with E-state index in [2.05, 4.69) is 59.1 Å². The Labute approximate surface area is 133 Å². The maximum Gasteiger partial charge on any atom is 0.0596 e. The molecule has 1 aliphatic rings. The summed E-state index contributed by atoms with van der Waals surface area (Å²) in [5, 5.41) is 1.28. The zero-order chi connectivity index (χ0) is 13.8. The van der Waals surface area contributed by atoms with Gasteiger partial charge in [-0.25, -0.2) is 0 Å². The second kappa shape index (κ2) is 7.46. The van der Waals surface area contributed by atoms with Crippen LogP contribution >= 0.6 is 12.4 Å². The highest BCUT2D eigenvalue weighted by molar-refractivity contribution is 5.90. The number of rotatable bonds is 4. The van der Waals surface area contributed by atoms with Gasteiger partial charge in [-0.05, 0) is 30.9 Å². The highest BCUT2D eigenvalue weighted by atomic mass is 35.5. The molecule has 3 rings (SSSR count). The van der Waals surface area contributed by atoms with Crippen LogP contribution in [0.5, 0.6) is 0 Å². The Hall–Kier alpha value is -1.54. The largest absolute Gasteiger partial charge is 0.343 e. The SMILES string of the molecule is Cl.Cn1c(C=NC/C=C/C2CCCC2)cc2ccccc21. The first-order chi connectivity index (χ1) is 9.84. The Balaban J connectivity index is 0.00000161. The van der Waals surface area contributed by atoms with Gasteiger partial charge in [0.2, 0.25) is 0 Å². The zero-order valence-electron chi connectivity index (χ0n) is 12.5. The summed E-state index contributed by atoms with van der Waals surface area (Å²) in [7, 11) is 2.10. The minimum Gasteiger partial charge on any atom is -0.343 e. The lowest BCUT2D eigenvalue weighted by Gasteiger charge is -1.99. The standard InChI is InChI=1S/C18H22N2.ClH/c1-20-17(13-16-10-4-5-11-18(16)20)14-19-12-6-9-15-7-2-3-8-15;/h4-6,9-11,13-15H,2-3,7-8,12H2,1H3;1H/b9-6+,19-14?;. The van der Waals surface area contributed by atoms with E-state index in [9.17, 15) is 0 Å². The van der Waals surface area contributed by atoms with Crippen molar-refractivity contribution in [1.29, 1.82) is 0 Å². The lowest BCUT2D eigenvalue weighted by molar-refractivity contribution is 0.684. The van der Waals surface area contributed by atoms with Crippen LogP contribution in [0.15, 0.2) is 47.5 Å². The van der Waals surface area contributed by atoms with Crippen LogP contribution in [0.2, 0.25) is 0 Å². The number of hydrogen-bond donors (Lipinski definition) is 0. The minimum atomic E-state index is 0. The van der Waals surface area contributed by atoms with Crippen molar-refractivity contribution in [1.82, 2.24) is 4.57 Å². The van der Waals surface area contributed by atoms with Gasteiger partial charge < -0.3 is 4.57 Å². The molecule has 0 unspecified atom stereocenters. The summed E-state index contributed by atoms with van der Waals surface area (Å²) >= 11 is 0. The van der Waals surface area contributed by atoms with E-state index in [1.54, 1.807) is 0 Å². The van der Waals surface area contributed by atoms with E-state index in [1.807, 2.05) is 6.21 Å². The van der Waals surface area contributed by atoms with E-state index in [1.165, 1.54) is 42.3 Å². The third kappa shape index (κ3) is 3.76. The summed E-state index contributed by atoms with van der Waals surface area (Å²) in [5.41, 5.74) is 2.43. The highest BCUT2D eigenvalue weighted by Crippen LogP contribution is 2.25. The second-order valence-corrected chi connectivity index (χ2v) is 5.65. The van der Waals surface area contributed by atoms with E-state index >= 15 is 0 Å². The van der Waals surface area contributed by atoms with Gasteiger partial charge in [0.05, 0.1) is 12.2 Å². The maximum absolute atomic E-state index is 4.53. The van der Waals surface area contributed by atoms with Crippen LogP contribution in [0.3, 0.4) is 0 Å². The Bertz CT molecular complexity index is 634. The van der Waals surface area contributed by atoms with Crippen molar-refractivity contribution < 1.29 is 0 Å². The summed E-state index contributed by atoms with van der Waals surface area (Å²) in [6, 6.07) is 10.6. The normalized spacial score (nSPS) is 16.2. The molecule has 0 aliphatic heterocycles. The van der Waals surface area contributed by atoms with Crippen LogP contribution in [0.1, 0.15) is 31.4 Å². The Morgan fingerprint density at radius 1 is 1.24 bits per heavy atom. The molecule has 1 fully saturated rings. The number of allylic oxidation sites excluding steroid dienone is 1. The van der Waals surface area contributed by atoms with Gasteiger partial charge in [-0.3, -0.25) is 4.99 Å². The van der Waals surface area contributed by atoms with Crippen LogP contribution in [-0.2, 0) is 7.05 Å². The Morgan fingerprint density at radius 2 is 2.00 bits per heavy atom. The molecular formula is C18H23ClN2. The van der Waals surface area contributed by atoms with Crippen LogP contribution in [-0.4, -0.2) is 17.3 Å². The molecule has 112 valence electrons. The van der Waals surface area contributed by atoms with E-state index in [4.69, 9.17) is 0 Å². The topological polar surface area (TPSA) is 17.3 Å². The number of fused-ring (bicyclic) bond motifs is 1. The first-order valence-corrected chi connectivity index (χ1v) is 7.55. The maximum atomic E-state index is 4.53. The Kier molecular flexibility index (Phi) is 5.63. The first kappa shape index (κ1) is 15.8. The smallest absolute Gasteiger partial charge is 0.0596 e. The van der Waals surface area contributed by atoms with Gasteiger partial charge in [0.25, 0.3) is 0 Å². The molecule has 1 saturated carbocycles. The summed E-state index contributed by atoms with van der Waals surface area (Å²) in [6.07, 6.45) is 12.1. The average molecular weight is 303 g/mol. The van der Waals surface area contributed by atoms with E-state index < -0.39 is 0 Å². The van der Waals surface area contributed by atoms with Crippen LogP contribution in [0.25, 0.3) is 10.9 Å². The van der Waals surface area contributed by atoms with Crippen molar-refractivity contribution in [2.24, 2.45) is 18.0 Å². The number of benzene rings is 1. The number of aromatic nitrogens is 1. The number of hydrogen-bond acceptors (Lipinski definition) is 1. The molecule has 1 aromatic carbocycles. The summed E-state index contributed by atoms with van der Waals surface area (Å²) in [6.45, 7) is 0.790. The molecule has 1 heterocycles. The molecule has 0 saturated heterocycles. The van der Waals surface area contributed by atoms with Crippen LogP contribution in [0.4, 0.5) is 0 Å². The van der Waals surface area contributed by atoms with Crippen molar-refractivity contribution in [3.05, 3.63) is 48.2 Å². The molecule has 3 heteroatoms. The van der Waals surface area contributed by atoms with Crippen LogP contribution < -0.4 is 0 Å². The Morgan fingerprint density at radius 3 is 2.76 bits per heavy atom. The minimum absolute atomic E-state index is 0. The predicted octanol–water partition coefficient (Wildman–Crippen LogP) is 4.77. The third-order valence-electron chi connectivity index (χ3n) is 4.23. The molecule has 21 heavy (non-hydrogen) atoms. The predicted molar refractivity (Wildman–Crippen MR) is 93.7 cm³/mol. The molecule has 0 amide bonds. The molecule has 0 spiro atoms. The average Bonchev–Trinajstić information content (AvgIpc) is 3.08. The molecule has 1 aromatic heterocycles. The van der Waals surface area contributed by atoms with Crippen molar-refractivity contribution in [3.8, 4) is 0 Å². The molecule has 0 atom stereocenters. The summed E-state index contributed by atoms with van der Waals surface area (Å²) in [4.78, 5) is 4.53. The first-order valence-electron chi connectivity index (χ1n) is 7.55. The zero-order valence-corrected chi connectivity index (χ0v) is 13.4. The van der Waals surface area contributed by atoms with Gasteiger partial charge in [-0.1, -0.05) is 43.2 Å². The number of aliphatic imine (C=N–C) groups is 1. The van der Waals surface area contributed by atoms with Crippen molar-refractivity contribution in [2.75, 3.05) is 6.54 Å². The molecule has 2 aromatic rings. The molecule has 0 bridgehead atoms. The van der Waals surface area contributed by atoms with E-state index in [0.29, 0.717) is 0 Å². The van der Waals surface area contributed by atoms with Gasteiger partial charge in [0.1, 0.15) is 0 Å². The highest BCUT2D eigenvalue weighted by Gasteiger charge is 2.10. The fourth-order valence-electron chi connectivity index (χ4n) is 3.04. The molecular weight excluding hydrogens is 280 g/mol. The molecule has 0 N–H and O–H groups in total. The van der Waals surface area contributed by atoms with Crippen molar-refractivity contribution >= 4 is 29.5 Å². The summed E-state index contributed by atoms with van der Waals surface area (Å²) in [5.74, 6) is 0.808. The number of para-hydroxylation sites is 1. The molecule has 1 aliphatic carbocycles. The van der Waals surface area contributed by atoms with Crippen LogP contribution in [0, 0.1) is 5.92 Å². The number of aryl methyl sites for hydroxylation is 1. The van der Waals surface area contributed by atoms with Gasteiger partial charge in [-0.2, -0.15) is 0 Å². The van der Waals surface area contributed by atoms with Crippen molar-refractivity contribution in [3.63, 3.8) is 0 Å². The van der Waals surface area contributed by atoms with Crippen molar-refractivity contribution in [2.45, 2.75) is 25.7 Å².